The first-order valence-electron chi connectivity index (χ1n) is 9.71. The standard InChI is InChI=1S/C25H24FNO/c1-4-17-16-27(24(28)23(17)21-11-7-8-12-22(21)26)25(2,3)20-14-13-18-9-5-6-10-19(18)15-20/h5-15H,4,16H2,1-3H3. The second kappa shape index (κ2) is 6.90. The second-order valence-electron chi connectivity index (χ2n) is 7.82. The van der Waals surface area contributed by atoms with Crippen molar-refractivity contribution in [2.45, 2.75) is 32.7 Å². The number of carbonyl (C=O) groups excluding carboxylic acids is 1. The molecule has 0 aliphatic carbocycles. The number of halogens is 1. The molecule has 0 aromatic heterocycles. The molecule has 3 aromatic rings. The molecule has 0 saturated heterocycles. The first-order chi connectivity index (χ1) is 13.4. The third kappa shape index (κ3) is 2.91. The first-order valence-corrected chi connectivity index (χ1v) is 9.71. The van der Waals surface area contributed by atoms with Crippen LogP contribution in [0.1, 0.15) is 38.3 Å². The molecule has 0 spiro atoms. The zero-order chi connectivity index (χ0) is 19.9. The number of nitrogens with zero attached hydrogens (tertiary/aromatic N) is 1. The fourth-order valence-corrected chi connectivity index (χ4v) is 4.06. The van der Waals surface area contributed by atoms with Crippen LogP contribution in [0.3, 0.4) is 0 Å². The quantitative estimate of drug-likeness (QED) is 0.556. The number of hydrogen-bond acceptors (Lipinski definition) is 1. The summed E-state index contributed by atoms with van der Waals surface area (Å²) in [6.45, 7) is 6.67. The van der Waals surface area contributed by atoms with Crippen LogP contribution in [0.25, 0.3) is 16.3 Å². The molecule has 0 fully saturated rings. The van der Waals surface area contributed by atoms with Gasteiger partial charge in [0.25, 0.3) is 5.91 Å². The number of rotatable bonds is 4. The zero-order valence-corrected chi connectivity index (χ0v) is 16.5. The van der Waals surface area contributed by atoms with E-state index >= 15 is 0 Å². The van der Waals surface area contributed by atoms with Crippen molar-refractivity contribution in [1.29, 1.82) is 0 Å². The van der Waals surface area contributed by atoms with Gasteiger partial charge in [-0.15, -0.1) is 0 Å². The van der Waals surface area contributed by atoms with Gasteiger partial charge in [0.2, 0.25) is 0 Å². The maximum Gasteiger partial charge on any atom is 0.255 e. The monoisotopic (exact) mass is 373 g/mol. The lowest BCUT2D eigenvalue weighted by Gasteiger charge is -2.37. The van der Waals surface area contributed by atoms with Crippen molar-refractivity contribution in [2.24, 2.45) is 0 Å². The third-order valence-corrected chi connectivity index (χ3v) is 5.86. The van der Waals surface area contributed by atoms with Crippen molar-refractivity contribution < 1.29 is 9.18 Å². The Bertz CT molecular complexity index is 1100. The highest BCUT2D eigenvalue weighted by molar-refractivity contribution is 6.23. The number of carbonyl (C=O) groups is 1. The SMILES string of the molecule is CCC1=C(c2ccccc2F)C(=O)N(C(C)(C)c2ccc3ccccc3c2)C1. The molecule has 2 nitrogen and oxygen atoms in total. The average Bonchev–Trinajstić information content (AvgIpc) is 3.05. The number of hydrogen-bond donors (Lipinski definition) is 0. The Morgan fingerprint density at radius 3 is 2.36 bits per heavy atom. The van der Waals surface area contributed by atoms with Gasteiger partial charge in [-0.05, 0) is 54.3 Å². The van der Waals surface area contributed by atoms with Crippen LogP contribution in [0.4, 0.5) is 4.39 Å². The van der Waals surface area contributed by atoms with Gasteiger partial charge in [0.1, 0.15) is 5.82 Å². The van der Waals surface area contributed by atoms with E-state index in [9.17, 15) is 9.18 Å². The van der Waals surface area contributed by atoms with Crippen LogP contribution in [-0.2, 0) is 10.3 Å². The van der Waals surface area contributed by atoms with Gasteiger partial charge in [-0.1, -0.05) is 61.5 Å². The molecule has 4 rings (SSSR count). The fourth-order valence-electron chi connectivity index (χ4n) is 4.06. The summed E-state index contributed by atoms with van der Waals surface area (Å²) in [5.74, 6) is -0.442. The lowest BCUT2D eigenvalue weighted by molar-refractivity contribution is -0.128. The van der Waals surface area contributed by atoms with E-state index in [4.69, 9.17) is 0 Å². The van der Waals surface area contributed by atoms with Gasteiger partial charge in [-0.2, -0.15) is 0 Å². The molecule has 28 heavy (non-hydrogen) atoms. The molecule has 1 amide bonds. The van der Waals surface area contributed by atoms with Crippen molar-refractivity contribution in [2.75, 3.05) is 6.54 Å². The molecular weight excluding hydrogens is 349 g/mol. The smallest absolute Gasteiger partial charge is 0.255 e. The molecule has 3 aromatic carbocycles. The average molecular weight is 373 g/mol. The zero-order valence-electron chi connectivity index (χ0n) is 16.5. The van der Waals surface area contributed by atoms with Crippen LogP contribution >= 0.6 is 0 Å². The fraction of sp³-hybridized carbons (Fsp3) is 0.240. The normalized spacial score (nSPS) is 15.0. The number of benzene rings is 3. The maximum absolute atomic E-state index is 14.4. The van der Waals surface area contributed by atoms with Crippen molar-refractivity contribution in [3.8, 4) is 0 Å². The van der Waals surface area contributed by atoms with Crippen LogP contribution in [0, 0.1) is 5.82 Å². The molecule has 0 N–H and O–H groups in total. The summed E-state index contributed by atoms with van der Waals surface area (Å²) in [6, 6.07) is 21.1. The minimum absolute atomic E-state index is 0.0971. The summed E-state index contributed by atoms with van der Waals surface area (Å²) in [6.07, 6.45) is 0.722. The molecule has 1 aliphatic rings. The molecular formula is C25H24FNO. The van der Waals surface area contributed by atoms with E-state index in [1.54, 1.807) is 18.2 Å². The predicted molar refractivity (Wildman–Crippen MR) is 112 cm³/mol. The molecule has 0 bridgehead atoms. The molecule has 0 atom stereocenters. The van der Waals surface area contributed by atoms with Crippen LogP contribution in [0.2, 0.25) is 0 Å². The van der Waals surface area contributed by atoms with Gasteiger partial charge >= 0.3 is 0 Å². The van der Waals surface area contributed by atoms with Crippen LogP contribution in [0.5, 0.6) is 0 Å². The van der Waals surface area contributed by atoms with Gasteiger partial charge in [0.05, 0.1) is 11.1 Å². The third-order valence-electron chi connectivity index (χ3n) is 5.86. The summed E-state index contributed by atoms with van der Waals surface area (Å²) < 4.78 is 14.4. The molecule has 0 unspecified atom stereocenters. The Kier molecular flexibility index (Phi) is 4.54. The van der Waals surface area contributed by atoms with Gasteiger partial charge in [0, 0.05) is 12.1 Å². The lowest BCUT2D eigenvalue weighted by atomic mass is 9.90. The van der Waals surface area contributed by atoms with Crippen LogP contribution in [-0.4, -0.2) is 17.4 Å². The number of amides is 1. The van der Waals surface area contributed by atoms with Crippen molar-refractivity contribution >= 4 is 22.3 Å². The highest BCUT2D eigenvalue weighted by atomic mass is 19.1. The number of fused-ring (bicyclic) bond motifs is 1. The predicted octanol–water partition coefficient (Wildman–Crippen LogP) is 5.92. The minimum atomic E-state index is -0.505. The van der Waals surface area contributed by atoms with Crippen molar-refractivity contribution in [3.63, 3.8) is 0 Å². The molecule has 3 heteroatoms. The highest BCUT2D eigenvalue weighted by Crippen LogP contribution is 2.39. The second-order valence-corrected chi connectivity index (χ2v) is 7.82. The van der Waals surface area contributed by atoms with E-state index in [0.717, 1.165) is 22.9 Å². The Balaban J connectivity index is 1.75. The summed E-state index contributed by atoms with van der Waals surface area (Å²) in [5, 5.41) is 2.33. The molecule has 1 heterocycles. The van der Waals surface area contributed by atoms with E-state index in [-0.39, 0.29) is 11.7 Å². The van der Waals surface area contributed by atoms with E-state index in [2.05, 4.69) is 44.2 Å². The van der Waals surface area contributed by atoms with E-state index in [1.807, 2.05) is 24.0 Å². The Morgan fingerprint density at radius 2 is 1.64 bits per heavy atom. The summed E-state index contributed by atoms with van der Waals surface area (Å²) in [4.78, 5) is 15.3. The van der Waals surface area contributed by atoms with E-state index < -0.39 is 5.54 Å². The van der Waals surface area contributed by atoms with Crippen LogP contribution < -0.4 is 0 Å². The minimum Gasteiger partial charge on any atom is -0.325 e. The van der Waals surface area contributed by atoms with E-state index in [0.29, 0.717) is 17.7 Å². The van der Waals surface area contributed by atoms with Crippen molar-refractivity contribution in [1.82, 2.24) is 4.90 Å². The summed E-state index contributed by atoms with van der Waals surface area (Å²) in [7, 11) is 0. The Labute approximate surface area is 165 Å². The molecule has 142 valence electrons. The summed E-state index contributed by atoms with van der Waals surface area (Å²) >= 11 is 0. The first kappa shape index (κ1) is 18.4. The lowest BCUT2D eigenvalue weighted by Crippen LogP contribution is -2.43. The van der Waals surface area contributed by atoms with Crippen molar-refractivity contribution in [3.05, 3.63) is 89.2 Å². The highest BCUT2D eigenvalue weighted by Gasteiger charge is 2.40. The summed E-state index contributed by atoms with van der Waals surface area (Å²) in [5.41, 5.74) is 2.48. The Hall–Kier alpha value is -2.94. The largest absolute Gasteiger partial charge is 0.325 e. The van der Waals surface area contributed by atoms with Gasteiger partial charge in [-0.25, -0.2) is 4.39 Å². The van der Waals surface area contributed by atoms with Gasteiger partial charge in [0.15, 0.2) is 0 Å². The molecule has 0 radical (unpaired) electrons. The van der Waals surface area contributed by atoms with Gasteiger partial charge < -0.3 is 4.90 Å². The maximum atomic E-state index is 14.4. The topological polar surface area (TPSA) is 20.3 Å². The van der Waals surface area contributed by atoms with Crippen LogP contribution in [0.15, 0.2) is 72.3 Å². The van der Waals surface area contributed by atoms with E-state index in [1.165, 1.54) is 11.5 Å². The molecule has 0 saturated carbocycles. The molecule has 1 aliphatic heterocycles. The Morgan fingerprint density at radius 1 is 0.964 bits per heavy atom. The van der Waals surface area contributed by atoms with Gasteiger partial charge in [-0.3, -0.25) is 4.79 Å².